The Hall–Kier alpha value is -2.81. The monoisotopic (exact) mass is 301 g/mol. The van der Waals surface area contributed by atoms with Gasteiger partial charge in [-0.25, -0.2) is 9.59 Å². The number of cyclic esters (lactones) is 2. The number of ether oxygens (including phenoxy) is 1. The average molecular weight is 301 g/mol. The number of Topliss-reactive ketones (excluding diaryl/α,β-unsaturated/α-hetero) is 1. The zero-order chi connectivity index (χ0) is 16.1. The lowest BCUT2D eigenvalue weighted by Crippen LogP contribution is -2.46. The number of amides is 1. The van der Waals surface area contributed by atoms with E-state index in [4.69, 9.17) is 5.11 Å². The Kier molecular flexibility index (Phi) is 4.79. The van der Waals surface area contributed by atoms with Gasteiger partial charge in [-0.3, -0.25) is 9.69 Å². The number of carbonyl (C=O) groups is 3. The maximum atomic E-state index is 12.1. The maximum Gasteiger partial charge on any atom is 0.418 e. The molecule has 0 aromatic heterocycles. The quantitative estimate of drug-likeness (QED) is 0.503. The highest BCUT2D eigenvalue weighted by Gasteiger charge is 2.44. The van der Waals surface area contributed by atoms with E-state index < -0.39 is 29.9 Å². The standard InChI is InChI=1S/C16H15NO5/c1-11-15(20)22-16(21)17(11)13(14(19)9-10-18)8-7-12-5-3-2-4-6-12/h2-6,11,13,18H,7-8H2,1H3/t11?,13-/m0/s1. The molecule has 1 fully saturated rings. The summed E-state index contributed by atoms with van der Waals surface area (Å²) in [4.78, 5) is 36.4. The van der Waals surface area contributed by atoms with E-state index in [1.165, 1.54) is 6.92 Å². The fraction of sp³-hybridized carbons (Fsp3) is 0.312. The van der Waals surface area contributed by atoms with E-state index in [9.17, 15) is 14.4 Å². The van der Waals surface area contributed by atoms with Crippen molar-refractivity contribution in [2.75, 3.05) is 0 Å². The van der Waals surface area contributed by atoms with Crippen molar-refractivity contribution in [2.24, 2.45) is 0 Å². The van der Waals surface area contributed by atoms with Crippen LogP contribution in [0, 0.1) is 12.0 Å². The highest BCUT2D eigenvalue weighted by Crippen LogP contribution is 2.21. The number of aryl methyl sites for hydroxylation is 1. The van der Waals surface area contributed by atoms with E-state index in [1.54, 1.807) is 6.11 Å². The minimum absolute atomic E-state index is 0.282. The molecule has 1 heterocycles. The minimum Gasteiger partial charge on any atom is -0.462 e. The molecule has 22 heavy (non-hydrogen) atoms. The van der Waals surface area contributed by atoms with Crippen LogP contribution in [0.15, 0.2) is 30.3 Å². The van der Waals surface area contributed by atoms with Crippen molar-refractivity contribution in [1.29, 1.82) is 0 Å². The van der Waals surface area contributed by atoms with Crippen LogP contribution in [0.4, 0.5) is 4.79 Å². The maximum absolute atomic E-state index is 12.1. The first-order chi connectivity index (χ1) is 10.5. The fourth-order valence-electron chi connectivity index (χ4n) is 2.38. The summed E-state index contributed by atoms with van der Waals surface area (Å²) < 4.78 is 4.53. The van der Waals surface area contributed by atoms with Gasteiger partial charge in [-0.05, 0) is 25.3 Å². The third kappa shape index (κ3) is 3.26. The summed E-state index contributed by atoms with van der Waals surface area (Å²) in [5.41, 5.74) is 0.990. The van der Waals surface area contributed by atoms with Crippen LogP contribution >= 0.6 is 0 Å². The summed E-state index contributed by atoms with van der Waals surface area (Å²) in [5.74, 6) is 0.698. The van der Waals surface area contributed by atoms with Gasteiger partial charge in [0.15, 0.2) is 0 Å². The second kappa shape index (κ2) is 6.76. The third-order valence-electron chi connectivity index (χ3n) is 3.52. The first kappa shape index (κ1) is 15.6. The fourth-order valence-corrected chi connectivity index (χ4v) is 2.38. The summed E-state index contributed by atoms with van der Waals surface area (Å²) in [6.45, 7) is 1.49. The Balaban J connectivity index is 2.19. The van der Waals surface area contributed by atoms with Crippen molar-refractivity contribution in [3.8, 4) is 12.0 Å². The summed E-state index contributed by atoms with van der Waals surface area (Å²) >= 11 is 0. The molecule has 1 saturated heterocycles. The summed E-state index contributed by atoms with van der Waals surface area (Å²) in [5, 5.41) is 8.61. The zero-order valence-corrected chi connectivity index (χ0v) is 12.0. The number of rotatable bonds is 5. The Morgan fingerprint density at radius 2 is 2.05 bits per heavy atom. The van der Waals surface area contributed by atoms with Crippen LogP contribution < -0.4 is 0 Å². The number of nitrogens with zero attached hydrogens (tertiary/aromatic N) is 1. The number of ketones is 1. The van der Waals surface area contributed by atoms with Crippen LogP contribution in [0.2, 0.25) is 0 Å². The molecule has 1 amide bonds. The zero-order valence-electron chi connectivity index (χ0n) is 12.0. The van der Waals surface area contributed by atoms with E-state index in [0.717, 1.165) is 10.5 Å². The normalized spacial score (nSPS) is 18.4. The number of benzene rings is 1. The number of aliphatic hydroxyl groups excluding tert-OH is 1. The molecule has 1 aliphatic heterocycles. The smallest absolute Gasteiger partial charge is 0.418 e. The lowest BCUT2D eigenvalue weighted by atomic mass is 10.00. The van der Waals surface area contributed by atoms with Gasteiger partial charge < -0.3 is 9.84 Å². The van der Waals surface area contributed by atoms with Crippen LogP contribution in [0.5, 0.6) is 0 Å². The van der Waals surface area contributed by atoms with Crippen molar-refractivity contribution in [3.05, 3.63) is 35.9 Å². The number of esters is 1. The third-order valence-corrected chi connectivity index (χ3v) is 3.52. The van der Waals surface area contributed by atoms with Gasteiger partial charge in [0.25, 0.3) is 0 Å². The van der Waals surface area contributed by atoms with Gasteiger partial charge in [-0.2, -0.15) is 0 Å². The first-order valence-corrected chi connectivity index (χ1v) is 6.81. The molecule has 1 N–H and O–H groups in total. The molecule has 1 aliphatic rings. The Labute approximate surface area is 127 Å². The summed E-state index contributed by atoms with van der Waals surface area (Å²) in [7, 11) is 0. The molecule has 6 heteroatoms. The van der Waals surface area contributed by atoms with Gasteiger partial charge >= 0.3 is 12.1 Å². The molecule has 0 radical (unpaired) electrons. The second-order valence-corrected chi connectivity index (χ2v) is 4.91. The highest BCUT2D eigenvalue weighted by molar-refractivity contribution is 6.04. The van der Waals surface area contributed by atoms with E-state index in [-0.39, 0.29) is 6.42 Å². The van der Waals surface area contributed by atoms with Crippen LogP contribution in [-0.2, 0) is 20.7 Å². The molecule has 6 nitrogen and oxygen atoms in total. The lowest BCUT2D eigenvalue weighted by molar-refractivity contribution is -0.135. The molecule has 114 valence electrons. The summed E-state index contributed by atoms with van der Waals surface area (Å²) in [6, 6.07) is 7.63. The summed E-state index contributed by atoms with van der Waals surface area (Å²) in [6.07, 6.45) is 1.49. The van der Waals surface area contributed by atoms with Crippen LogP contribution in [-0.4, -0.2) is 39.9 Å². The number of aliphatic hydroxyl groups is 1. The Morgan fingerprint density at radius 3 is 2.59 bits per heavy atom. The Bertz CT molecular complexity index is 643. The number of carbonyl (C=O) groups excluding carboxylic acids is 3. The topological polar surface area (TPSA) is 83.9 Å². The lowest BCUT2D eigenvalue weighted by Gasteiger charge is -2.25. The van der Waals surface area contributed by atoms with E-state index in [1.807, 2.05) is 36.3 Å². The molecular formula is C16H15NO5. The van der Waals surface area contributed by atoms with Gasteiger partial charge in [0, 0.05) is 5.92 Å². The van der Waals surface area contributed by atoms with Gasteiger partial charge in [-0.15, -0.1) is 0 Å². The minimum atomic E-state index is -0.936. The first-order valence-electron chi connectivity index (χ1n) is 6.81. The predicted octanol–water partition coefficient (Wildman–Crippen LogP) is 1.26. The number of hydrogen-bond donors (Lipinski definition) is 1. The van der Waals surface area contributed by atoms with Gasteiger partial charge in [0.1, 0.15) is 18.2 Å². The molecule has 1 unspecified atom stereocenters. The van der Waals surface area contributed by atoms with Gasteiger partial charge in [0.05, 0.1) is 0 Å². The van der Waals surface area contributed by atoms with Crippen LogP contribution in [0.25, 0.3) is 0 Å². The van der Waals surface area contributed by atoms with Crippen LogP contribution in [0.1, 0.15) is 18.9 Å². The highest BCUT2D eigenvalue weighted by atomic mass is 16.6. The molecule has 0 saturated carbocycles. The molecule has 0 aliphatic carbocycles. The van der Waals surface area contributed by atoms with E-state index >= 15 is 0 Å². The molecule has 0 bridgehead atoms. The molecule has 2 rings (SSSR count). The van der Waals surface area contributed by atoms with Crippen molar-refractivity contribution in [3.63, 3.8) is 0 Å². The molecule has 1 aromatic rings. The van der Waals surface area contributed by atoms with Crippen molar-refractivity contribution < 1.29 is 24.2 Å². The largest absolute Gasteiger partial charge is 0.462 e. The second-order valence-electron chi connectivity index (χ2n) is 4.91. The van der Waals surface area contributed by atoms with Crippen LogP contribution in [0.3, 0.4) is 0 Å². The van der Waals surface area contributed by atoms with Gasteiger partial charge in [-0.1, -0.05) is 30.3 Å². The van der Waals surface area contributed by atoms with E-state index in [2.05, 4.69) is 4.74 Å². The molecule has 1 aromatic carbocycles. The molecule has 0 spiro atoms. The predicted molar refractivity (Wildman–Crippen MR) is 76.1 cm³/mol. The van der Waals surface area contributed by atoms with Gasteiger partial charge in [0.2, 0.25) is 5.78 Å². The van der Waals surface area contributed by atoms with Crippen molar-refractivity contribution in [2.45, 2.75) is 31.8 Å². The van der Waals surface area contributed by atoms with Crippen molar-refractivity contribution in [1.82, 2.24) is 4.90 Å². The number of hydrogen-bond acceptors (Lipinski definition) is 5. The van der Waals surface area contributed by atoms with Crippen molar-refractivity contribution >= 4 is 17.8 Å². The molecule has 2 atom stereocenters. The molecular weight excluding hydrogens is 286 g/mol. The SMILES string of the molecule is CC1C(=O)OC(=O)N1[C@@H](CCc1ccccc1)C(=O)C#CO. The Morgan fingerprint density at radius 1 is 1.36 bits per heavy atom. The van der Waals surface area contributed by atoms with E-state index in [0.29, 0.717) is 6.42 Å². The average Bonchev–Trinajstić information content (AvgIpc) is 2.75.